The molecule has 3 rings (SSSR count). The number of methoxy groups -OCH3 is 1. The van der Waals surface area contributed by atoms with Crippen LogP contribution in [0.15, 0.2) is 66.9 Å². The van der Waals surface area contributed by atoms with Gasteiger partial charge in [-0.05, 0) is 54.1 Å². The average molecular weight is 398 g/mol. The third-order valence-electron chi connectivity index (χ3n) is 3.86. The van der Waals surface area contributed by atoms with Crippen molar-refractivity contribution >= 4 is 29.0 Å². The molecule has 0 spiro atoms. The molecule has 3 aromatic rings. The lowest BCUT2D eigenvalue weighted by atomic mass is 10.2. The first kappa shape index (κ1) is 19.5. The number of halogens is 1. The molecule has 0 saturated carbocycles. The van der Waals surface area contributed by atoms with Crippen LogP contribution in [0.25, 0.3) is 0 Å². The maximum atomic E-state index is 12.0. The molecule has 0 unspecified atom stereocenters. The van der Waals surface area contributed by atoms with E-state index < -0.39 is 0 Å². The molecule has 0 radical (unpaired) electrons. The number of hydrogen-bond donors (Lipinski definition) is 2. The zero-order chi connectivity index (χ0) is 19.8. The monoisotopic (exact) mass is 397 g/mol. The molecule has 2 N–H and O–H groups in total. The lowest BCUT2D eigenvalue weighted by Crippen LogP contribution is -2.20. The van der Waals surface area contributed by atoms with Crippen molar-refractivity contribution in [3.63, 3.8) is 0 Å². The largest absolute Gasteiger partial charge is 0.497 e. The molecule has 0 aliphatic heterocycles. The SMILES string of the molecule is COc1ccc(CNc2ccc(NC(=O)COc3ccc(Cl)cc3)cn2)cc1. The number of amides is 1. The molecule has 1 amide bonds. The van der Waals surface area contributed by atoms with Crippen LogP contribution in [-0.2, 0) is 11.3 Å². The van der Waals surface area contributed by atoms with E-state index in [1.54, 1.807) is 49.7 Å². The molecule has 7 heteroatoms. The Morgan fingerprint density at radius 1 is 1.00 bits per heavy atom. The third-order valence-corrected chi connectivity index (χ3v) is 4.12. The van der Waals surface area contributed by atoms with Gasteiger partial charge in [0.25, 0.3) is 5.91 Å². The van der Waals surface area contributed by atoms with Crippen LogP contribution in [0, 0.1) is 0 Å². The van der Waals surface area contributed by atoms with E-state index in [4.69, 9.17) is 21.1 Å². The molecular formula is C21H20ClN3O3. The van der Waals surface area contributed by atoms with Crippen LogP contribution < -0.4 is 20.1 Å². The molecule has 1 aromatic heterocycles. The van der Waals surface area contributed by atoms with E-state index in [2.05, 4.69) is 15.6 Å². The van der Waals surface area contributed by atoms with Crippen molar-refractivity contribution in [3.8, 4) is 11.5 Å². The van der Waals surface area contributed by atoms with Gasteiger partial charge in [-0.25, -0.2) is 4.98 Å². The molecule has 28 heavy (non-hydrogen) atoms. The van der Waals surface area contributed by atoms with Crippen LogP contribution >= 0.6 is 11.6 Å². The number of carbonyl (C=O) groups excluding carboxylic acids is 1. The summed E-state index contributed by atoms with van der Waals surface area (Å²) < 4.78 is 10.6. The van der Waals surface area contributed by atoms with Crippen molar-refractivity contribution < 1.29 is 14.3 Å². The van der Waals surface area contributed by atoms with Gasteiger partial charge in [-0.1, -0.05) is 23.7 Å². The van der Waals surface area contributed by atoms with Crippen LogP contribution in [0.3, 0.4) is 0 Å². The molecule has 0 fully saturated rings. The van der Waals surface area contributed by atoms with Crippen molar-refractivity contribution in [2.45, 2.75) is 6.54 Å². The zero-order valence-electron chi connectivity index (χ0n) is 15.3. The van der Waals surface area contributed by atoms with Crippen molar-refractivity contribution in [2.24, 2.45) is 0 Å². The summed E-state index contributed by atoms with van der Waals surface area (Å²) in [4.78, 5) is 16.3. The Balaban J connectivity index is 1.45. The first-order valence-corrected chi connectivity index (χ1v) is 9.01. The molecule has 0 aliphatic carbocycles. The number of nitrogens with zero attached hydrogens (tertiary/aromatic N) is 1. The number of pyridine rings is 1. The van der Waals surface area contributed by atoms with Crippen molar-refractivity contribution in [1.29, 1.82) is 0 Å². The topological polar surface area (TPSA) is 72.5 Å². The van der Waals surface area contributed by atoms with E-state index in [9.17, 15) is 4.79 Å². The van der Waals surface area contributed by atoms with E-state index in [1.807, 2.05) is 24.3 Å². The van der Waals surface area contributed by atoms with Crippen LogP contribution in [0.1, 0.15) is 5.56 Å². The minimum Gasteiger partial charge on any atom is -0.497 e. The van der Waals surface area contributed by atoms with E-state index in [-0.39, 0.29) is 12.5 Å². The molecule has 0 atom stereocenters. The summed E-state index contributed by atoms with van der Waals surface area (Å²) in [7, 11) is 1.64. The zero-order valence-corrected chi connectivity index (χ0v) is 16.1. The number of carbonyl (C=O) groups is 1. The van der Waals surface area contributed by atoms with Gasteiger partial charge >= 0.3 is 0 Å². The normalized spacial score (nSPS) is 10.2. The van der Waals surface area contributed by atoms with Gasteiger partial charge < -0.3 is 20.1 Å². The number of nitrogens with one attached hydrogen (secondary N) is 2. The highest BCUT2D eigenvalue weighted by Gasteiger charge is 2.05. The highest BCUT2D eigenvalue weighted by Crippen LogP contribution is 2.16. The standard InChI is InChI=1S/C21H20ClN3O3/c1-27-18-7-2-15(3-8-18)12-23-20-11-6-17(13-24-20)25-21(26)14-28-19-9-4-16(22)5-10-19/h2-11,13H,12,14H2,1H3,(H,23,24)(H,25,26). The second-order valence-corrected chi connectivity index (χ2v) is 6.36. The Bertz CT molecular complexity index is 898. The Kier molecular flexibility index (Phi) is 6.70. The van der Waals surface area contributed by atoms with Crippen LogP contribution in [0.2, 0.25) is 5.02 Å². The Labute approximate surface area is 168 Å². The van der Waals surface area contributed by atoms with Gasteiger partial charge in [0.15, 0.2) is 6.61 Å². The number of aromatic nitrogens is 1. The summed E-state index contributed by atoms with van der Waals surface area (Å²) in [6, 6.07) is 18.2. The van der Waals surface area contributed by atoms with Crippen LogP contribution in [-0.4, -0.2) is 24.6 Å². The van der Waals surface area contributed by atoms with Gasteiger partial charge in [-0.2, -0.15) is 0 Å². The number of benzene rings is 2. The van der Waals surface area contributed by atoms with Gasteiger partial charge in [0.05, 0.1) is 19.0 Å². The average Bonchev–Trinajstić information content (AvgIpc) is 2.73. The fraction of sp³-hybridized carbons (Fsp3) is 0.143. The number of rotatable bonds is 8. The van der Waals surface area contributed by atoms with Gasteiger partial charge in [0.2, 0.25) is 0 Å². The molecule has 2 aromatic carbocycles. The van der Waals surface area contributed by atoms with Gasteiger partial charge in [-0.15, -0.1) is 0 Å². The van der Waals surface area contributed by atoms with Crippen LogP contribution in [0.4, 0.5) is 11.5 Å². The minimum atomic E-state index is -0.268. The lowest BCUT2D eigenvalue weighted by molar-refractivity contribution is -0.118. The van der Waals surface area contributed by atoms with Gasteiger partial charge in [-0.3, -0.25) is 4.79 Å². The smallest absolute Gasteiger partial charge is 0.262 e. The molecule has 0 aliphatic rings. The van der Waals surface area contributed by atoms with Gasteiger partial charge in [0.1, 0.15) is 17.3 Å². The fourth-order valence-electron chi connectivity index (χ4n) is 2.39. The van der Waals surface area contributed by atoms with E-state index >= 15 is 0 Å². The third kappa shape index (κ3) is 5.89. The molecule has 0 saturated heterocycles. The van der Waals surface area contributed by atoms with Crippen LogP contribution in [0.5, 0.6) is 11.5 Å². The van der Waals surface area contributed by atoms with E-state index in [0.717, 1.165) is 11.3 Å². The summed E-state index contributed by atoms with van der Waals surface area (Å²) in [6.45, 7) is 0.538. The van der Waals surface area contributed by atoms with Gasteiger partial charge in [0, 0.05) is 11.6 Å². The second kappa shape index (κ2) is 9.62. The van der Waals surface area contributed by atoms with Crippen molar-refractivity contribution in [1.82, 2.24) is 4.98 Å². The maximum Gasteiger partial charge on any atom is 0.262 e. The predicted octanol–water partition coefficient (Wildman–Crippen LogP) is 4.37. The first-order valence-electron chi connectivity index (χ1n) is 8.63. The predicted molar refractivity (Wildman–Crippen MR) is 110 cm³/mol. The Hall–Kier alpha value is -3.25. The minimum absolute atomic E-state index is 0.0981. The lowest BCUT2D eigenvalue weighted by Gasteiger charge is -2.09. The highest BCUT2D eigenvalue weighted by atomic mass is 35.5. The first-order chi connectivity index (χ1) is 13.6. The molecule has 1 heterocycles. The molecular weight excluding hydrogens is 378 g/mol. The Morgan fingerprint density at radius 3 is 2.36 bits per heavy atom. The summed E-state index contributed by atoms with van der Waals surface area (Å²) in [5.41, 5.74) is 1.71. The molecule has 0 bridgehead atoms. The highest BCUT2D eigenvalue weighted by molar-refractivity contribution is 6.30. The summed E-state index contributed by atoms with van der Waals surface area (Å²) in [5, 5.41) is 6.59. The summed E-state index contributed by atoms with van der Waals surface area (Å²) in [5.74, 6) is 1.85. The van der Waals surface area contributed by atoms with E-state index in [0.29, 0.717) is 28.8 Å². The van der Waals surface area contributed by atoms with Crippen molar-refractivity contribution in [3.05, 3.63) is 77.4 Å². The van der Waals surface area contributed by atoms with Crippen molar-refractivity contribution in [2.75, 3.05) is 24.4 Å². The fourth-order valence-corrected chi connectivity index (χ4v) is 2.51. The number of anilines is 2. The summed E-state index contributed by atoms with van der Waals surface area (Å²) in [6.07, 6.45) is 1.59. The number of ether oxygens (including phenoxy) is 2. The Morgan fingerprint density at radius 2 is 1.71 bits per heavy atom. The maximum absolute atomic E-state index is 12.0. The molecule has 144 valence electrons. The van der Waals surface area contributed by atoms with E-state index in [1.165, 1.54) is 0 Å². The summed E-state index contributed by atoms with van der Waals surface area (Å²) >= 11 is 5.81. The molecule has 6 nitrogen and oxygen atoms in total. The quantitative estimate of drug-likeness (QED) is 0.590. The second-order valence-electron chi connectivity index (χ2n) is 5.92. The number of hydrogen-bond acceptors (Lipinski definition) is 5.